The number of nitrogens with one attached hydrogen (secondary N) is 1. The Bertz CT molecular complexity index is 284. The summed E-state index contributed by atoms with van der Waals surface area (Å²) in [6, 6.07) is 0. The first-order chi connectivity index (χ1) is 6.22. The van der Waals surface area contributed by atoms with E-state index in [-0.39, 0.29) is 6.54 Å². The lowest BCUT2D eigenvalue weighted by molar-refractivity contribution is -0.134. The summed E-state index contributed by atoms with van der Waals surface area (Å²) < 4.78 is 6.38. The zero-order chi connectivity index (χ0) is 9.68. The number of carboxylic acids is 1. The van der Waals surface area contributed by atoms with Crippen LogP contribution in [0.5, 0.6) is 0 Å². The van der Waals surface area contributed by atoms with Gasteiger partial charge in [0.2, 0.25) is 0 Å². The molecule has 6 nitrogen and oxygen atoms in total. The largest absolute Gasteiger partial charge is 0.480 e. The maximum Gasteiger partial charge on any atom is 0.322 e. The Morgan fingerprint density at radius 1 is 1.85 bits per heavy atom. The third-order valence-corrected chi connectivity index (χ3v) is 1.34. The van der Waals surface area contributed by atoms with Crippen LogP contribution in [0.4, 0.5) is 5.69 Å². The van der Waals surface area contributed by atoms with Crippen LogP contribution in [0, 0.1) is 0 Å². The molecule has 0 fully saturated rings. The van der Waals surface area contributed by atoms with E-state index in [0.717, 1.165) is 0 Å². The van der Waals surface area contributed by atoms with Crippen molar-refractivity contribution in [2.75, 3.05) is 19.0 Å². The SMILES string of the molecule is COCn1cc(NCC(=O)O)cn1. The number of rotatable bonds is 5. The van der Waals surface area contributed by atoms with E-state index in [0.29, 0.717) is 12.4 Å². The van der Waals surface area contributed by atoms with Gasteiger partial charge in [-0.2, -0.15) is 5.10 Å². The van der Waals surface area contributed by atoms with Crippen molar-refractivity contribution in [2.24, 2.45) is 0 Å². The topological polar surface area (TPSA) is 76.4 Å². The number of aliphatic carboxylic acids is 1. The third-order valence-electron chi connectivity index (χ3n) is 1.34. The van der Waals surface area contributed by atoms with Crippen LogP contribution in [0.1, 0.15) is 0 Å². The van der Waals surface area contributed by atoms with E-state index in [1.54, 1.807) is 24.2 Å². The summed E-state index contributed by atoms with van der Waals surface area (Å²) in [6.07, 6.45) is 3.22. The van der Waals surface area contributed by atoms with E-state index in [4.69, 9.17) is 9.84 Å². The van der Waals surface area contributed by atoms with Gasteiger partial charge in [-0.1, -0.05) is 0 Å². The molecule has 0 saturated carbocycles. The fourth-order valence-corrected chi connectivity index (χ4v) is 0.835. The number of anilines is 1. The molecule has 1 aromatic rings. The minimum atomic E-state index is -0.903. The third kappa shape index (κ3) is 3.12. The van der Waals surface area contributed by atoms with Crippen molar-refractivity contribution in [1.82, 2.24) is 9.78 Å². The molecule has 0 spiro atoms. The standard InChI is InChI=1S/C7H11N3O3/c1-13-5-10-4-6(2-9-10)8-3-7(11)12/h2,4,8H,3,5H2,1H3,(H,11,12). The van der Waals surface area contributed by atoms with Crippen LogP contribution in [0.2, 0.25) is 0 Å². The molecule has 2 N–H and O–H groups in total. The van der Waals surface area contributed by atoms with Crippen LogP contribution in [-0.2, 0) is 16.3 Å². The molecule has 0 aromatic carbocycles. The molecule has 0 saturated heterocycles. The second kappa shape index (κ2) is 4.46. The average Bonchev–Trinajstić information content (AvgIpc) is 2.50. The van der Waals surface area contributed by atoms with Gasteiger partial charge in [-0.05, 0) is 0 Å². The van der Waals surface area contributed by atoms with Crippen LogP contribution in [0.25, 0.3) is 0 Å². The molecule has 1 aromatic heterocycles. The van der Waals surface area contributed by atoms with Crippen molar-refractivity contribution >= 4 is 11.7 Å². The zero-order valence-corrected chi connectivity index (χ0v) is 7.23. The summed E-state index contributed by atoms with van der Waals surface area (Å²) in [5.41, 5.74) is 0.666. The fraction of sp³-hybridized carbons (Fsp3) is 0.429. The van der Waals surface area contributed by atoms with Crippen molar-refractivity contribution in [3.8, 4) is 0 Å². The van der Waals surface area contributed by atoms with Gasteiger partial charge in [-0.25, -0.2) is 4.68 Å². The Balaban J connectivity index is 2.44. The lowest BCUT2D eigenvalue weighted by Crippen LogP contribution is -2.11. The quantitative estimate of drug-likeness (QED) is 0.674. The zero-order valence-electron chi connectivity index (χ0n) is 7.23. The Labute approximate surface area is 75.1 Å². The highest BCUT2D eigenvalue weighted by Crippen LogP contribution is 2.03. The van der Waals surface area contributed by atoms with E-state index in [1.165, 1.54) is 0 Å². The number of ether oxygens (including phenoxy) is 1. The van der Waals surface area contributed by atoms with Gasteiger partial charge in [-0.15, -0.1) is 0 Å². The van der Waals surface area contributed by atoms with Gasteiger partial charge in [0.05, 0.1) is 18.1 Å². The van der Waals surface area contributed by atoms with Gasteiger partial charge in [-0.3, -0.25) is 4.79 Å². The normalized spacial score (nSPS) is 9.92. The van der Waals surface area contributed by atoms with Crippen LogP contribution in [0.3, 0.4) is 0 Å². The molecule has 1 rings (SSSR count). The molecule has 0 atom stereocenters. The number of carboxylic acid groups (broad SMARTS) is 1. The summed E-state index contributed by atoms with van der Waals surface area (Å²) >= 11 is 0. The van der Waals surface area contributed by atoms with Crippen LogP contribution in [-0.4, -0.2) is 34.5 Å². The van der Waals surface area contributed by atoms with Gasteiger partial charge in [0, 0.05) is 7.11 Å². The van der Waals surface area contributed by atoms with Gasteiger partial charge in [0.1, 0.15) is 13.3 Å². The molecular formula is C7H11N3O3. The molecule has 0 unspecified atom stereocenters. The minimum Gasteiger partial charge on any atom is -0.480 e. The average molecular weight is 185 g/mol. The summed E-state index contributed by atoms with van der Waals surface area (Å²) in [4.78, 5) is 10.2. The predicted octanol–water partition coefficient (Wildman–Crippen LogP) is -0.0165. The first-order valence-corrected chi connectivity index (χ1v) is 3.69. The highest BCUT2D eigenvalue weighted by molar-refractivity contribution is 5.72. The molecule has 1 heterocycles. The number of aromatic nitrogens is 2. The Hall–Kier alpha value is -1.56. The molecule has 0 bridgehead atoms. The molecule has 0 amide bonds. The fourth-order valence-electron chi connectivity index (χ4n) is 0.835. The maximum absolute atomic E-state index is 10.2. The summed E-state index contributed by atoms with van der Waals surface area (Å²) in [5.74, 6) is -0.903. The maximum atomic E-state index is 10.2. The van der Waals surface area contributed by atoms with E-state index in [2.05, 4.69) is 10.4 Å². The highest BCUT2D eigenvalue weighted by Gasteiger charge is 1.99. The van der Waals surface area contributed by atoms with E-state index >= 15 is 0 Å². The second-order valence-corrected chi connectivity index (χ2v) is 2.43. The highest BCUT2D eigenvalue weighted by atomic mass is 16.5. The summed E-state index contributed by atoms with van der Waals surface area (Å²) in [5, 5.41) is 15.0. The van der Waals surface area contributed by atoms with Crippen molar-refractivity contribution in [3.63, 3.8) is 0 Å². The Morgan fingerprint density at radius 3 is 3.23 bits per heavy atom. The molecule has 6 heteroatoms. The second-order valence-electron chi connectivity index (χ2n) is 2.43. The van der Waals surface area contributed by atoms with Gasteiger partial charge < -0.3 is 15.2 Å². The first-order valence-electron chi connectivity index (χ1n) is 3.69. The van der Waals surface area contributed by atoms with Crippen LogP contribution < -0.4 is 5.32 Å². The Kier molecular flexibility index (Phi) is 3.27. The van der Waals surface area contributed by atoms with Gasteiger partial charge >= 0.3 is 5.97 Å². The number of hydrogen-bond donors (Lipinski definition) is 2. The number of hydrogen-bond acceptors (Lipinski definition) is 4. The predicted molar refractivity (Wildman–Crippen MR) is 45.4 cm³/mol. The van der Waals surface area contributed by atoms with Crippen molar-refractivity contribution in [2.45, 2.75) is 6.73 Å². The molecule has 0 radical (unpaired) electrons. The summed E-state index contributed by atoms with van der Waals surface area (Å²) in [6.45, 7) is 0.243. The van der Waals surface area contributed by atoms with Crippen LogP contribution >= 0.6 is 0 Å². The molecule has 72 valence electrons. The molecular weight excluding hydrogens is 174 g/mol. The van der Waals surface area contributed by atoms with Crippen LogP contribution in [0.15, 0.2) is 12.4 Å². The van der Waals surface area contributed by atoms with Gasteiger partial charge in [0.25, 0.3) is 0 Å². The minimum absolute atomic E-state index is 0.112. The lowest BCUT2D eigenvalue weighted by atomic mass is 10.5. The lowest BCUT2D eigenvalue weighted by Gasteiger charge is -1.98. The van der Waals surface area contributed by atoms with Gasteiger partial charge in [0.15, 0.2) is 0 Å². The van der Waals surface area contributed by atoms with E-state index in [1.807, 2.05) is 0 Å². The van der Waals surface area contributed by atoms with E-state index in [9.17, 15) is 4.79 Å². The van der Waals surface area contributed by atoms with Crippen molar-refractivity contribution in [3.05, 3.63) is 12.4 Å². The smallest absolute Gasteiger partial charge is 0.322 e. The van der Waals surface area contributed by atoms with E-state index < -0.39 is 5.97 Å². The van der Waals surface area contributed by atoms with Crippen molar-refractivity contribution < 1.29 is 14.6 Å². The molecule has 13 heavy (non-hydrogen) atoms. The first kappa shape index (κ1) is 9.53. The molecule has 0 aliphatic carbocycles. The summed E-state index contributed by atoms with van der Waals surface area (Å²) in [7, 11) is 1.56. The molecule has 0 aliphatic rings. The Morgan fingerprint density at radius 2 is 2.62 bits per heavy atom. The monoisotopic (exact) mass is 185 g/mol. The number of methoxy groups -OCH3 is 1. The molecule has 0 aliphatic heterocycles. The number of carbonyl (C=O) groups is 1. The van der Waals surface area contributed by atoms with Crippen molar-refractivity contribution in [1.29, 1.82) is 0 Å². The number of nitrogens with zero attached hydrogens (tertiary/aromatic N) is 2.